The first-order valence-electron chi connectivity index (χ1n) is 9.65. The number of aromatic hydroxyl groups is 1. The average Bonchev–Trinajstić information content (AvgIpc) is 2.71. The van der Waals surface area contributed by atoms with Gasteiger partial charge >= 0.3 is 0 Å². The lowest BCUT2D eigenvalue weighted by molar-refractivity contribution is 0.102. The van der Waals surface area contributed by atoms with Crippen molar-refractivity contribution in [2.24, 2.45) is 0 Å². The summed E-state index contributed by atoms with van der Waals surface area (Å²) >= 11 is 12.1. The van der Waals surface area contributed by atoms with E-state index in [4.69, 9.17) is 27.9 Å². The Morgan fingerprint density at radius 3 is 2.52 bits per heavy atom. The molecule has 3 aromatic carbocycles. The number of phenolic OH excluding ortho intramolecular Hbond substituents is 1. The summed E-state index contributed by atoms with van der Waals surface area (Å²) in [6.07, 6.45) is 4.34. The molecule has 4 nitrogen and oxygen atoms in total. The Morgan fingerprint density at radius 2 is 1.79 bits per heavy atom. The highest BCUT2D eigenvalue weighted by molar-refractivity contribution is 6.36. The second kappa shape index (κ2) is 9.86. The van der Waals surface area contributed by atoms with Crippen LogP contribution in [-0.2, 0) is 0 Å². The van der Waals surface area contributed by atoms with Crippen LogP contribution in [0.1, 0.15) is 43.0 Å². The lowest BCUT2D eigenvalue weighted by atomic mass is 10.0. The Hall–Kier alpha value is -2.43. The number of hydrogen-bond donors (Lipinski definition) is 2. The number of hydrogen-bond acceptors (Lipinski definition) is 3. The summed E-state index contributed by atoms with van der Waals surface area (Å²) < 4.78 is 5.97. The maximum atomic E-state index is 12.9. The molecule has 29 heavy (non-hydrogen) atoms. The summed E-state index contributed by atoms with van der Waals surface area (Å²) in [5.74, 6) is -0.00270. The summed E-state index contributed by atoms with van der Waals surface area (Å²) in [6.45, 7) is 2.71. The molecule has 0 aliphatic carbocycles. The van der Waals surface area contributed by atoms with Gasteiger partial charge < -0.3 is 15.2 Å². The van der Waals surface area contributed by atoms with Crippen molar-refractivity contribution in [1.82, 2.24) is 0 Å². The fraction of sp³-hybridized carbons (Fsp3) is 0.261. The van der Waals surface area contributed by atoms with Crippen LogP contribution in [0.15, 0.2) is 48.5 Å². The van der Waals surface area contributed by atoms with Gasteiger partial charge in [-0.05, 0) is 30.7 Å². The molecule has 2 N–H and O–H groups in total. The van der Waals surface area contributed by atoms with E-state index >= 15 is 0 Å². The minimum absolute atomic E-state index is 0.0958. The Balaban J connectivity index is 1.90. The Bertz CT molecular complexity index is 1020. The molecule has 3 rings (SSSR count). The van der Waals surface area contributed by atoms with Gasteiger partial charge in [0, 0.05) is 15.8 Å². The number of phenols is 1. The van der Waals surface area contributed by atoms with Crippen LogP contribution < -0.4 is 10.1 Å². The van der Waals surface area contributed by atoms with Gasteiger partial charge in [-0.3, -0.25) is 4.79 Å². The largest absolute Gasteiger partial charge is 0.506 e. The van der Waals surface area contributed by atoms with E-state index in [2.05, 4.69) is 12.2 Å². The molecule has 0 saturated carbocycles. The molecule has 0 fully saturated rings. The number of unbranched alkanes of at least 4 members (excludes halogenated alkanes) is 3. The second-order valence-electron chi connectivity index (χ2n) is 6.80. The molecule has 0 atom stereocenters. The standard InChI is InChI=1S/C23H23Cl2NO3/c1-2-3-4-7-12-29-21-14-18(22(27)17-9-6-5-8-16(17)21)23(28)26-20-11-10-15(24)13-19(20)25/h5-6,8-11,13-14,27H,2-4,7,12H2,1H3,(H,26,28). The van der Waals surface area contributed by atoms with E-state index in [1.165, 1.54) is 0 Å². The molecule has 6 heteroatoms. The van der Waals surface area contributed by atoms with E-state index in [-0.39, 0.29) is 11.3 Å². The molecule has 1 amide bonds. The SMILES string of the molecule is CCCCCCOc1cc(C(=O)Nc2ccc(Cl)cc2Cl)c(O)c2ccccc12. The molecule has 0 saturated heterocycles. The summed E-state index contributed by atoms with van der Waals surface area (Å²) in [7, 11) is 0. The van der Waals surface area contributed by atoms with Gasteiger partial charge in [0.2, 0.25) is 0 Å². The van der Waals surface area contributed by atoms with Crippen molar-refractivity contribution in [2.75, 3.05) is 11.9 Å². The topological polar surface area (TPSA) is 58.6 Å². The van der Waals surface area contributed by atoms with Crippen molar-refractivity contribution in [3.63, 3.8) is 0 Å². The van der Waals surface area contributed by atoms with Crippen molar-refractivity contribution in [2.45, 2.75) is 32.6 Å². The monoisotopic (exact) mass is 431 g/mol. The van der Waals surface area contributed by atoms with Gasteiger partial charge in [0.15, 0.2) is 0 Å². The zero-order valence-corrected chi connectivity index (χ0v) is 17.7. The van der Waals surface area contributed by atoms with E-state index < -0.39 is 5.91 Å². The minimum atomic E-state index is -0.478. The summed E-state index contributed by atoms with van der Waals surface area (Å²) in [5, 5.41) is 15.5. The maximum Gasteiger partial charge on any atom is 0.259 e. The van der Waals surface area contributed by atoms with E-state index in [0.29, 0.717) is 33.5 Å². The highest BCUT2D eigenvalue weighted by atomic mass is 35.5. The summed E-state index contributed by atoms with van der Waals surface area (Å²) in [5.41, 5.74) is 0.536. The maximum absolute atomic E-state index is 12.9. The Kier molecular flexibility index (Phi) is 7.24. The predicted octanol–water partition coefficient (Wildman–Crippen LogP) is 7.06. The van der Waals surface area contributed by atoms with Crippen LogP contribution in [-0.4, -0.2) is 17.6 Å². The molecule has 0 aromatic heterocycles. The van der Waals surface area contributed by atoms with Crippen molar-refractivity contribution < 1.29 is 14.6 Å². The fourth-order valence-electron chi connectivity index (χ4n) is 3.11. The van der Waals surface area contributed by atoms with Gasteiger partial charge in [-0.15, -0.1) is 0 Å². The van der Waals surface area contributed by atoms with Gasteiger partial charge in [0.05, 0.1) is 22.9 Å². The lowest BCUT2D eigenvalue weighted by Gasteiger charge is -2.15. The quantitative estimate of drug-likeness (QED) is 0.375. The number of amides is 1. The Labute approximate surface area is 180 Å². The van der Waals surface area contributed by atoms with E-state index in [9.17, 15) is 9.90 Å². The van der Waals surface area contributed by atoms with Gasteiger partial charge in [0.1, 0.15) is 11.5 Å². The molecular weight excluding hydrogens is 409 g/mol. The summed E-state index contributed by atoms with van der Waals surface area (Å²) in [4.78, 5) is 12.9. The number of carbonyl (C=O) groups excluding carboxylic acids is 1. The van der Waals surface area contributed by atoms with E-state index in [1.807, 2.05) is 18.2 Å². The van der Waals surface area contributed by atoms with Crippen LogP contribution in [0, 0.1) is 0 Å². The molecule has 0 heterocycles. The molecular formula is C23H23Cl2NO3. The van der Waals surface area contributed by atoms with Gasteiger partial charge in [-0.1, -0.05) is 73.7 Å². The highest BCUT2D eigenvalue weighted by Gasteiger charge is 2.19. The third-order valence-electron chi connectivity index (χ3n) is 4.66. The average molecular weight is 432 g/mol. The number of rotatable bonds is 8. The molecule has 0 aliphatic rings. The van der Waals surface area contributed by atoms with Gasteiger partial charge in [0.25, 0.3) is 5.91 Å². The molecule has 0 radical (unpaired) electrons. The second-order valence-corrected chi connectivity index (χ2v) is 7.65. The molecule has 0 aliphatic heterocycles. The van der Waals surface area contributed by atoms with Gasteiger partial charge in [-0.2, -0.15) is 0 Å². The lowest BCUT2D eigenvalue weighted by Crippen LogP contribution is -2.13. The van der Waals surface area contributed by atoms with Crippen molar-refractivity contribution in [3.8, 4) is 11.5 Å². The first kappa shape index (κ1) is 21.3. The zero-order chi connectivity index (χ0) is 20.8. The predicted molar refractivity (Wildman–Crippen MR) is 120 cm³/mol. The number of halogens is 2. The first-order valence-corrected chi connectivity index (χ1v) is 10.4. The van der Waals surface area contributed by atoms with Crippen LogP contribution >= 0.6 is 23.2 Å². The highest BCUT2D eigenvalue weighted by Crippen LogP contribution is 2.37. The van der Waals surface area contributed by atoms with Crippen molar-refractivity contribution in [1.29, 1.82) is 0 Å². The molecule has 3 aromatic rings. The molecule has 0 bridgehead atoms. The third kappa shape index (κ3) is 5.14. The Morgan fingerprint density at radius 1 is 1.03 bits per heavy atom. The molecule has 0 unspecified atom stereocenters. The fourth-order valence-corrected chi connectivity index (χ4v) is 3.57. The third-order valence-corrected chi connectivity index (χ3v) is 5.21. The van der Waals surface area contributed by atoms with Crippen LogP contribution in [0.2, 0.25) is 10.0 Å². The number of benzene rings is 3. The van der Waals surface area contributed by atoms with Crippen LogP contribution in [0.4, 0.5) is 5.69 Å². The van der Waals surface area contributed by atoms with Gasteiger partial charge in [-0.25, -0.2) is 0 Å². The van der Waals surface area contributed by atoms with E-state index in [0.717, 1.165) is 31.1 Å². The van der Waals surface area contributed by atoms with Crippen molar-refractivity contribution >= 4 is 45.6 Å². The molecule has 0 spiro atoms. The van der Waals surface area contributed by atoms with E-state index in [1.54, 1.807) is 30.3 Å². The number of fused-ring (bicyclic) bond motifs is 1. The van der Waals surface area contributed by atoms with Crippen LogP contribution in [0.5, 0.6) is 11.5 Å². The number of carbonyl (C=O) groups is 1. The zero-order valence-electron chi connectivity index (χ0n) is 16.2. The first-order chi connectivity index (χ1) is 14.0. The smallest absolute Gasteiger partial charge is 0.259 e. The van der Waals surface area contributed by atoms with Crippen molar-refractivity contribution in [3.05, 3.63) is 64.1 Å². The normalized spacial score (nSPS) is 10.9. The molecule has 152 valence electrons. The number of anilines is 1. The minimum Gasteiger partial charge on any atom is -0.506 e. The van der Waals surface area contributed by atoms with Crippen LogP contribution in [0.3, 0.4) is 0 Å². The number of nitrogens with one attached hydrogen (secondary N) is 1. The summed E-state index contributed by atoms with van der Waals surface area (Å²) in [6, 6.07) is 13.7. The number of ether oxygens (including phenoxy) is 1. The van der Waals surface area contributed by atoms with Crippen LogP contribution in [0.25, 0.3) is 10.8 Å².